The average molecular weight is 335 g/mol. The van der Waals surface area contributed by atoms with Gasteiger partial charge in [0.25, 0.3) is 0 Å². The zero-order valence-electron chi connectivity index (χ0n) is 14.6. The molecule has 0 aromatic heterocycles. The summed E-state index contributed by atoms with van der Waals surface area (Å²) in [6, 6.07) is 38.2. The van der Waals surface area contributed by atoms with Crippen LogP contribution in [0.1, 0.15) is 11.1 Å². The molecule has 0 unspecified atom stereocenters. The molecule has 0 spiro atoms. The zero-order valence-corrected chi connectivity index (χ0v) is 14.6. The summed E-state index contributed by atoms with van der Waals surface area (Å²) in [6.07, 6.45) is 0.965. The van der Waals surface area contributed by atoms with Crippen molar-refractivity contribution in [2.75, 3.05) is 5.32 Å². The average Bonchev–Trinajstić information content (AvgIpc) is 2.72. The van der Waals surface area contributed by atoms with Crippen LogP contribution in [0, 0.1) is 0 Å². The van der Waals surface area contributed by atoms with Crippen molar-refractivity contribution in [2.24, 2.45) is 0 Å². The summed E-state index contributed by atoms with van der Waals surface area (Å²) in [4.78, 5) is 0. The lowest BCUT2D eigenvalue weighted by atomic mass is 10.0. The van der Waals surface area contributed by atoms with Crippen molar-refractivity contribution < 1.29 is 0 Å². The van der Waals surface area contributed by atoms with Crippen molar-refractivity contribution in [3.8, 4) is 11.1 Å². The van der Waals surface area contributed by atoms with Gasteiger partial charge in [-0.15, -0.1) is 0 Å². The number of anilines is 2. The van der Waals surface area contributed by atoms with Crippen molar-refractivity contribution in [2.45, 2.75) is 6.42 Å². The van der Waals surface area contributed by atoms with Gasteiger partial charge in [0.15, 0.2) is 0 Å². The molecular formula is C25H21N. The van der Waals surface area contributed by atoms with Gasteiger partial charge in [-0.2, -0.15) is 0 Å². The number of hydrogen-bond donors (Lipinski definition) is 1. The van der Waals surface area contributed by atoms with E-state index < -0.39 is 0 Å². The van der Waals surface area contributed by atoms with Crippen LogP contribution in [0.2, 0.25) is 0 Å². The van der Waals surface area contributed by atoms with Crippen LogP contribution in [-0.2, 0) is 6.42 Å². The molecule has 0 saturated carbocycles. The maximum absolute atomic E-state index is 3.47. The lowest BCUT2D eigenvalue weighted by Crippen LogP contribution is -1.92. The van der Waals surface area contributed by atoms with E-state index in [-0.39, 0.29) is 0 Å². The molecule has 0 atom stereocenters. The molecule has 4 aromatic rings. The Morgan fingerprint density at radius 1 is 0.423 bits per heavy atom. The molecule has 0 aliphatic carbocycles. The van der Waals surface area contributed by atoms with E-state index in [1.807, 2.05) is 6.07 Å². The molecule has 1 heteroatoms. The Balaban J connectivity index is 1.42. The van der Waals surface area contributed by atoms with Crippen LogP contribution in [0.4, 0.5) is 11.4 Å². The van der Waals surface area contributed by atoms with E-state index in [0.717, 1.165) is 17.8 Å². The highest BCUT2D eigenvalue weighted by Crippen LogP contribution is 2.23. The summed E-state index contributed by atoms with van der Waals surface area (Å²) in [5.41, 5.74) is 7.33. The van der Waals surface area contributed by atoms with E-state index in [4.69, 9.17) is 0 Å². The highest BCUT2D eigenvalue weighted by molar-refractivity contribution is 5.68. The molecule has 0 heterocycles. The Kier molecular flexibility index (Phi) is 4.79. The molecule has 26 heavy (non-hydrogen) atoms. The first-order chi connectivity index (χ1) is 12.9. The lowest BCUT2D eigenvalue weighted by Gasteiger charge is -2.09. The highest BCUT2D eigenvalue weighted by Gasteiger charge is 2.00. The van der Waals surface area contributed by atoms with E-state index in [2.05, 4.69) is 108 Å². The SMILES string of the molecule is c1ccc(Cc2ccc(Nc3ccc(-c4ccccc4)cc3)cc2)cc1. The van der Waals surface area contributed by atoms with Crippen LogP contribution in [-0.4, -0.2) is 0 Å². The van der Waals surface area contributed by atoms with Gasteiger partial charge in [0.05, 0.1) is 0 Å². The van der Waals surface area contributed by atoms with Gasteiger partial charge in [-0.25, -0.2) is 0 Å². The van der Waals surface area contributed by atoms with E-state index in [1.54, 1.807) is 0 Å². The highest BCUT2D eigenvalue weighted by atomic mass is 14.9. The van der Waals surface area contributed by atoms with Gasteiger partial charge in [-0.3, -0.25) is 0 Å². The Morgan fingerprint density at radius 2 is 0.885 bits per heavy atom. The fourth-order valence-corrected chi connectivity index (χ4v) is 3.08. The van der Waals surface area contributed by atoms with Crippen molar-refractivity contribution in [3.05, 3.63) is 120 Å². The van der Waals surface area contributed by atoms with Crippen LogP contribution in [0.3, 0.4) is 0 Å². The summed E-state index contributed by atoms with van der Waals surface area (Å²) >= 11 is 0. The van der Waals surface area contributed by atoms with Crippen molar-refractivity contribution in [1.82, 2.24) is 0 Å². The van der Waals surface area contributed by atoms with Gasteiger partial charge in [0.2, 0.25) is 0 Å². The molecular weight excluding hydrogens is 314 g/mol. The molecule has 4 rings (SSSR count). The van der Waals surface area contributed by atoms with Gasteiger partial charge in [0, 0.05) is 11.4 Å². The first-order valence-corrected chi connectivity index (χ1v) is 8.92. The summed E-state index contributed by atoms with van der Waals surface area (Å²) in [7, 11) is 0. The minimum absolute atomic E-state index is 0.965. The topological polar surface area (TPSA) is 12.0 Å². The molecule has 0 saturated heterocycles. The van der Waals surface area contributed by atoms with Gasteiger partial charge in [-0.1, -0.05) is 84.9 Å². The number of rotatable bonds is 5. The maximum Gasteiger partial charge on any atom is 0.0384 e. The van der Waals surface area contributed by atoms with Crippen LogP contribution in [0.25, 0.3) is 11.1 Å². The quantitative estimate of drug-likeness (QED) is 0.428. The van der Waals surface area contributed by atoms with Gasteiger partial charge in [-0.05, 0) is 52.9 Å². The maximum atomic E-state index is 3.47. The third-order valence-electron chi connectivity index (χ3n) is 4.49. The van der Waals surface area contributed by atoms with E-state index in [0.29, 0.717) is 0 Å². The van der Waals surface area contributed by atoms with Crippen molar-refractivity contribution in [1.29, 1.82) is 0 Å². The van der Waals surface area contributed by atoms with Gasteiger partial charge < -0.3 is 5.32 Å². The second-order valence-corrected chi connectivity index (χ2v) is 6.43. The van der Waals surface area contributed by atoms with Crippen LogP contribution < -0.4 is 5.32 Å². The first-order valence-electron chi connectivity index (χ1n) is 8.92. The molecule has 0 fully saturated rings. The predicted octanol–water partition coefficient (Wildman–Crippen LogP) is 6.69. The molecule has 1 N–H and O–H groups in total. The molecule has 0 aliphatic rings. The fourth-order valence-electron chi connectivity index (χ4n) is 3.08. The Labute approximate surface area is 155 Å². The standard InChI is InChI=1S/C25H21N/c1-3-7-20(8-4-1)19-21-11-15-24(16-12-21)26-25-17-13-23(14-18-25)22-9-5-2-6-10-22/h1-18,26H,19H2. The molecule has 126 valence electrons. The number of benzene rings is 4. The summed E-state index contributed by atoms with van der Waals surface area (Å²) < 4.78 is 0. The Hall–Kier alpha value is -3.32. The van der Waals surface area contributed by atoms with E-state index in [1.165, 1.54) is 22.3 Å². The second kappa shape index (κ2) is 7.71. The summed E-state index contributed by atoms with van der Waals surface area (Å²) in [5, 5.41) is 3.47. The third-order valence-corrected chi connectivity index (χ3v) is 4.49. The smallest absolute Gasteiger partial charge is 0.0384 e. The largest absolute Gasteiger partial charge is 0.356 e. The molecule has 1 nitrogen and oxygen atoms in total. The Morgan fingerprint density at radius 3 is 1.50 bits per heavy atom. The van der Waals surface area contributed by atoms with Crippen LogP contribution >= 0.6 is 0 Å². The molecule has 4 aromatic carbocycles. The summed E-state index contributed by atoms with van der Waals surface area (Å²) in [6.45, 7) is 0. The minimum Gasteiger partial charge on any atom is -0.356 e. The van der Waals surface area contributed by atoms with E-state index in [9.17, 15) is 0 Å². The van der Waals surface area contributed by atoms with Gasteiger partial charge >= 0.3 is 0 Å². The minimum atomic E-state index is 0.965. The zero-order chi connectivity index (χ0) is 17.6. The molecule has 0 radical (unpaired) electrons. The molecule has 0 bridgehead atoms. The van der Waals surface area contributed by atoms with Crippen LogP contribution in [0.5, 0.6) is 0 Å². The molecule has 0 amide bonds. The number of nitrogens with one attached hydrogen (secondary N) is 1. The third kappa shape index (κ3) is 4.01. The normalized spacial score (nSPS) is 10.5. The summed E-state index contributed by atoms with van der Waals surface area (Å²) in [5.74, 6) is 0. The van der Waals surface area contributed by atoms with Crippen molar-refractivity contribution in [3.63, 3.8) is 0 Å². The molecule has 0 aliphatic heterocycles. The van der Waals surface area contributed by atoms with E-state index >= 15 is 0 Å². The predicted molar refractivity (Wildman–Crippen MR) is 111 cm³/mol. The first kappa shape index (κ1) is 16.2. The number of hydrogen-bond acceptors (Lipinski definition) is 1. The van der Waals surface area contributed by atoms with Crippen LogP contribution in [0.15, 0.2) is 109 Å². The van der Waals surface area contributed by atoms with Gasteiger partial charge in [0.1, 0.15) is 0 Å². The fraction of sp³-hybridized carbons (Fsp3) is 0.0400. The monoisotopic (exact) mass is 335 g/mol. The Bertz CT molecular complexity index is 940. The second-order valence-electron chi connectivity index (χ2n) is 6.43. The lowest BCUT2D eigenvalue weighted by molar-refractivity contribution is 1.19. The van der Waals surface area contributed by atoms with Crippen molar-refractivity contribution >= 4 is 11.4 Å².